The average molecular weight is 354 g/mol. The zero-order chi connectivity index (χ0) is 16.5. The van der Waals surface area contributed by atoms with Crippen LogP contribution in [-0.2, 0) is 0 Å². The fraction of sp³-hybridized carbons (Fsp3) is 0. The second-order valence-corrected chi connectivity index (χ2v) is 6.42. The fourth-order valence-corrected chi connectivity index (χ4v) is 3.25. The Morgan fingerprint density at radius 3 is 2.67 bits per heavy atom. The molecule has 1 aromatic carbocycles. The molecule has 0 saturated carbocycles. The monoisotopic (exact) mass is 353 g/mol. The molecule has 0 aliphatic rings. The van der Waals surface area contributed by atoms with Gasteiger partial charge in [0.15, 0.2) is 0 Å². The van der Waals surface area contributed by atoms with Gasteiger partial charge in [0.2, 0.25) is 0 Å². The third kappa shape index (κ3) is 2.77. The highest BCUT2D eigenvalue weighted by Crippen LogP contribution is 2.29. The van der Waals surface area contributed by atoms with Crippen LogP contribution in [0.4, 0.5) is 5.82 Å². The first kappa shape index (κ1) is 14.9. The molecule has 0 amide bonds. The zero-order valence-electron chi connectivity index (χ0n) is 12.4. The summed E-state index contributed by atoms with van der Waals surface area (Å²) in [7, 11) is 0. The van der Waals surface area contributed by atoms with Gasteiger partial charge in [0, 0.05) is 34.4 Å². The molecule has 0 fully saturated rings. The number of aromatic nitrogens is 4. The van der Waals surface area contributed by atoms with Crippen molar-refractivity contribution in [2.45, 2.75) is 0 Å². The smallest absolute Gasteiger partial charge is 0.127 e. The van der Waals surface area contributed by atoms with Gasteiger partial charge in [0.1, 0.15) is 22.2 Å². The van der Waals surface area contributed by atoms with Crippen LogP contribution in [0.1, 0.15) is 0 Å². The first-order chi connectivity index (χ1) is 11.7. The first-order valence-electron chi connectivity index (χ1n) is 7.18. The standard InChI is InChI=1S/C17H12ClN5S/c18-12-3-5-13(6-4-12)23-16(19)8-14(22-23)15-10-24-17(21-15)11-2-1-7-20-9-11/h1-10H,19H2. The van der Waals surface area contributed by atoms with E-state index in [1.54, 1.807) is 40.5 Å². The maximum Gasteiger partial charge on any atom is 0.127 e. The quantitative estimate of drug-likeness (QED) is 0.596. The number of benzene rings is 1. The molecule has 0 spiro atoms. The van der Waals surface area contributed by atoms with Crippen LogP contribution in [0.25, 0.3) is 27.6 Å². The van der Waals surface area contributed by atoms with E-state index in [1.165, 1.54) is 0 Å². The highest BCUT2D eigenvalue weighted by molar-refractivity contribution is 7.13. The number of anilines is 1. The molecular weight excluding hydrogens is 342 g/mol. The van der Waals surface area contributed by atoms with E-state index in [4.69, 9.17) is 17.3 Å². The van der Waals surface area contributed by atoms with Crippen LogP contribution in [-0.4, -0.2) is 19.7 Å². The van der Waals surface area contributed by atoms with Crippen molar-refractivity contribution in [3.63, 3.8) is 0 Å². The van der Waals surface area contributed by atoms with E-state index in [2.05, 4.69) is 15.1 Å². The Bertz CT molecular complexity index is 976. The Hall–Kier alpha value is -2.70. The largest absolute Gasteiger partial charge is 0.384 e. The Kier molecular flexibility index (Phi) is 3.76. The number of nitrogens with zero attached hydrogens (tertiary/aromatic N) is 4. The molecule has 0 radical (unpaired) electrons. The lowest BCUT2D eigenvalue weighted by Crippen LogP contribution is -2.01. The van der Waals surface area contributed by atoms with E-state index < -0.39 is 0 Å². The van der Waals surface area contributed by atoms with Gasteiger partial charge >= 0.3 is 0 Å². The van der Waals surface area contributed by atoms with Crippen LogP contribution in [0.5, 0.6) is 0 Å². The molecule has 4 aromatic rings. The second-order valence-electron chi connectivity index (χ2n) is 5.12. The SMILES string of the molecule is Nc1cc(-c2csc(-c3cccnc3)n2)nn1-c1ccc(Cl)cc1. The van der Waals surface area contributed by atoms with Gasteiger partial charge in [0.25, 0.3) is 0 Å². The van der Waals surface area contributed by atoms with Crippen molar-refractivity contribution in [3.8, 4) is 27.6 Å². The minimum atomic E-state index is 0.545. The molecule has 4 rings (SSSR count). The number of hydrogen-bond donors (Lipinski definition) is 1. The molecule has 0 aliphatic carbocycles. The van der Waals surface area contributed by atoms with Crippen LogP contribution in [0.3, 0.4) is 0 Å². The number of nitrogens with two attached hydrogens (primary N) is 1. The minimum absolute atomic E-state index is 0.545. The van der Waals surface area contributed by atoms with Crippen molar-refractivity contribution in [3.05, 3.63) is 65.3 Å². The maximum atomic E-state index is 6.10. The van der Waals surface area contributed by atoms with Gasteiger partial charge in [-0.3, -0.25) is 4.98 Å². The Morgan fingerprint density at radius 2 is 1.92 bits per heavy atom. The number of nitrogen functional groups attached to an aromatic ring is 1. The predicted molar refractivity (Wildman–Crippen MR) is 97.3 cm³/mol. The summed E-state index contributed by atoms with van der Waals surface area (Å²) < 4.78 is 1.68. The molecular formula is C17H12ClN5S. The highest BCUT2D eigenvalue weighted by Gasteiger charge is 2.13. The fourth-order valence-electron chi connectivity index (χ4n) is 2.32. The molecule has 0 bridgehead atoms. The van der Waals surface area contributed by atoms with Crippen LogP contribution < -0.4 is 5.73 Å². The third-order valence-corrected chi connectivity index (χ3v) is 4.63. The van der Waals surface area contributed by atoms with E-state index in [1.807, 2.05) is 35.7 Å². The summed E-state index contributed by atoms with van der Waals surface area (Å²) in [6.07, 6.45) is 3.54. The van der Waals surface area contributed by atoms with E-state index in [0.29, 0.717) is 10.8 Å². The second kappa shape index (κ2) is 6.07. The molecule has 0 atom stereocenters. The summed E-state index contributed by atoms with van der Waals surface area (Å²) in [5.41, 5.74) is 9.46. The van der Waals surface area contributed by atoms with Crippen molar-refractivity contribution in [1.82, 2.24) is 19.7 Å². The van der Waals surface area contributed by atoms with Crippen molar-refractivity contribution in [2.24, 2.45) is 0 Å². The van der Waals surface area contributed by atoms with Crippen LogP contribution in [0, 0.1) is 0 Å². The zero-order valence-corrected chi connectivity index (χ0v) is 14.0. The van der Waals surface area contributed by atoms with E-state index in [-0.39, 0.29) is 0 Å². The molecule has 7 heteroatoms. The van der Waals surface area contributed by atoms with E-state index in [9.17, 15) is 0 Å². The van der Waals surface area contributed by atoms with Gasteiger partial charge in [-0.25, -0.2) is 9.67 Å². The van der Waals surface area contributed by atoms with E-state index >= 15 is 0 Å². The summed E-state index contributed by atoms with van der Waals surface area (Å²) in [6, 6.07) is 13.0. The topological polar surface area (TPSA) is 69.6 Å². The van der Waals surface area contributed by atoms with Gasteiger partial charge in [0.05, 0.1) is 5.69 Å². The highest BCUT2D eigenvalue weighted by atomic mass is 35.5. The minimum Gasteiger partial charge on any atom is -0.384 e. The Morgan fingerprint density at radius 1 is 1.08 bits per heavy atom. The van der Waals surface area contributed by atoms with Gasteiger partial charge in [-0.15, -0.1) is 11.3 Å². The van der Waals surface area contributed by atoms with Gasteiger partial charge in [-0.1, -0.05) is 11.6 Å². The molecule has 0 unspecified atom stereocenters. The van der Waals surface area contributed by atoms with Gasteiger partial charge < -0.3 is 5.73 Å². The molecule has 0 saturated heterocycles. The molecule has 0 aliphatic heterocycles. The summed E-state index contributed by atoms with van der Waals surface area (Å²) in [5.74, 6) is 0.545. The molecule has 118 valence electrons. The summed E-state index contributed by atoms with van der Waals surface area (Å²) in [5, 5.41) is 8.10. The van der Waals surface area contributed by atoms with Crippen molar-refractivity contribution in [1.29, 1.82) is 0 Å². The molecule has 2 N–H and O–H groups in total. The third-order valence-electron chi connectivity index (χ3n) is 3.48. The number of pyridine rings is 1. The number of hydrogen-bond acceptors (Lipinski definition) is 5. The van der Waals surface area contributed by atoms with Gasteiger partial charge in [-0.05, 0) is 36.4 Å². The van der Waals surface area contributed by atoms with E-state index in [0.717, 1.165) is 27.6 Å². The summed E-state index contributed by atoms with van der Waals surface area (Å²) >= 11 is 7.48. The molecule has 3 heterocycles. The predicted octanol–water partition coefficient (Wildman–Crippen LogP) is 4.29. The lowest BCUT2D eigenvalue weighted by Gasteiger charge is -2.03. The molecule has 3 aromatic heterocycles. The molecule has 5 nitrogen and oxygen atoms in total. The number of thiazole rings is 1. The number of rotatable bonds is 3. The normalized spacial score (nSPS) is 10.9. The first-order valence-corrected chi connectivity index (χ1v) is 8.44. The van der Waals surface area contributed by atoms with Crippen molar-refractivity contribution >= 4 is 28.8 Å². The van der Waals surface area contributed by atoms with Crippen LogP contribution >= 0.6 is 22.9 Å². The summed E-state index contributed by atoms with van der Waals surface area (Å²) in [6.45, 7) is 0. The van der Waals surface area contributed by atoms with Crippen molar-refractivity contribution < 1.29 is 0 Å². The average Bonchev–Trinajstić information content (AvgIpc) is 3.23. The molecule has 24 heavy (non-hydrogen) atoms. The lowest BCUT2D eigenvalue weighted by molar-refractivity contribution is 0.894. The Labute approximate surface area is 147 Å². The maximum absolute atomic E-state index is 6.10. The van der Waals surface area contributed by atoms with Crippen molar-refractivity contribution in [2.75, 3.05) is 5.73 Å². The van der Waals surface area contributed by atoms with Crippen LogP contribution in [0.2, 0.25) is 5.02 Å². The van der Waals surface area contributed by atoms with Crippen LogP contribution in [0.15, 0.2) is 60.2 Å². The lowest BCUT2D eigenvalue weighted by atomic mass is 10.3. The van der Waals surface area contributed by atoms with Gasteiger partial charge in [-0.2, -0.15) is 5.10 Å². The Balaban J connectivity index is 1.70. The summed E-state index contributed by atoms with van der Waals surface area (Å²) in [4.78, 5) is 8.76. The number of halogens is 1.